The lowest BCUT2D eigenvalue weighted by molar-refractivity contribution is 0.304. The fourth-order valence-corrected chi connectivity index (χ4v) is 1.41. The molecule has 0 bridgehead atoms. The Labute approximate surface area is 100 Å². The summed E-state index contributed by atoms with van der Waals surface area (Å²) in [6.45, 7) is 9.09. The smallest absolute Gasteiger partial charge is 0.119 e. The second-order valence-electron chi connectivity index (χ2n) is 3.58. The van der Waals surface area contributed by atoms with Crippen molar-refractivity contribution in [3.63, 3.8) is 0 Å². The Morgan fingerprint density at radius 1 is 0.938 bits per heavy atom. The summed E-state index contributed by atoms with van der Waals surface area (Å²) in [6.07, 6.45) is 6.47. The molecule has 0 aliphatic heterocycles. The molecule has 0 amide bonds. The average molecular weight is 220 g/mol. The molecule has 0 atom stereocenters. The van der Waals surface area contributed by atoms with E-state index in [-0.39, 0.29) is 0 Å². The van der Waals surface area contributed by atoms with Gasteiger partial charge in [-0.3, -0.25) is 0 Å². The predicted molar refractivity (Wildman–Crippen MR) is 72.0 cm³/mol. The van der Waals surface area contributed by atoms with E-state index in [1.165, 1.54) is 32.1 Å². The van der Waals surface area contributed by atoms with E-state index in [4.69, 9.17) is 4.74 Å². The Balaban J connectivity index is 0.00000106. The van der Waals surface area contributed by atoms with Crippen molar-refractivity contribution in [3.8, 4) is 5.75 Å². The van der Waals surface area contributed by atoms with Crippen LogP contribution < -0.4 is 4.74 Å². The van der Waals surface area contributed by atoms with Gasteiger partial charge in [0.25, 0.3) is 0 Å². The molecule has 0 aliphatic carbocycles. The largest absolute Gasteiger partial charge is 0.494 e. The van der Waals surface area contributed by atoms with Gasteiger partial charge in [0.05, 0.1) is 6.61 Å². The lowest BCUT2D eigenvalue weighted by Crippen LogP contribution is -1.96. The van der Waals surface area contributed by atoms with Crippen molar-refractivity contribution >= 4 is 0 Å². The molecule has 16 heavy (non-hydrogen) atoms. The van der Waals surface area contributed by atoms with Crippen molar-refractivity contribution in [1.82, 2.24) is 0 Å². The van der Waals surface area contributed by atoms with Crippen LogP contribution in [0.25, 0.3) is 0 Å². The molecule has 1 rings (SSSR count). The molecule has 0 aliphatic rings. The summed E-state index contributed by atoms with van der Waals surface area (Å²) >= 11 is 0. The second kappa shape index (κ2) is 11.8. The van der Waals surface area contributed by atoms with Gasteiger partial charge in [-0.1, -0.05) is 50.8 Å². The van der Waals surface area contributed by atoms with Gasteiger partial charge in [0.15, 0.2) is 0 Å². The Bertz CT molecular complexity index is 230. The van der Waals surface area contributed by atoms with Crippen molar-refractivity contribution in [1.29, 1.82) is 0 Å². The summed E-state index contributed by atoms with van der Waals surface area (Å²) in [6, 6.07) is 10.0. The maximum absolute atomic E-state index is 5.59. The first-order chi connectivity index (χ1) is 7.93. The molecular formula is C15H24O. The zero-order valence-corrected chi connectivity index (χ0v) is 10.5. The first kappa shape index (κ1) is 14.8. The highest BCUT2D eigenvalue weighted by Gasteiger charge is 1.91. The third-order valence-electron chi connectivity index (χ3n) is 2.26. The van der Waals surface area contributed by atoms with Crippen molar-refractivity contribution in [2.45, 2.75) is 39.0 Å². The topological polar surface area (TPSA) is 9.23 Å². The molecule has 0 aromatic heterocycles. The molecule has 0 saturated heterocycles. The molecule has 0 unspecified atom stereocenters. The minimum absolute atomic E-state index is 0.855. The summed E-state index contributed by atoms with van der Waals surface area (Å²) < 4.78 is 5.59. The Kier molecular flexibility index (Phi) is 10.9. The van der Waals surface area contributed by atoms with Gasteiger partial charge in [0, 0.05) is 0 Å². The van der Waals surface area contributed by atoms with Crippen molar-refractivity contribution in [3.05, 3.63) is 43.5 Å². The van der Waals surface area contributed by atoms with E-state index in [1.54, 1.807) is 0 Å². The minimum Gasteiger partial charge on any atom is -0.494 e. The number of unbranched alkanes of at least 4 members (excludes halogenated alkanes) is 4. The van der Waals surface area contributed by atoms with E-state index in [0.717, 1.165) is 12.4 Å². The lowest BCUT2D eigenvalue weighted by atomic mass is 10.2. The van der Waals surface area contributed by atoms with Gasteiger partial charge in [0.2, 0.25) is 0 Å². The predicted octanol–water partition coefficient (Wildman–Crippen LogP) is 4.84. The van der Waals surface area contributed by atoms with E-state index in [2.05, 4.69) is 20.1 Å². The molecule has 0 N–H and O–H groups in total. The SMILES string of the molecule is C=C.CCCCCCCOc1ccccc1. The third-order valence-corrected chi connectivity index (χ3v) is 2.26. The number of hydrogen-bond acceptors (Lipinski definition) is 1. The van der Waals surface area contributed by atoms with Crippen molar-refractivity contribution in [2.24, 2.45) is 0 Å². The summed E-state index contributed by atoms with van der Waals surface area (Å²) in [5.74, 6) is 0.989. The molecule has 0 fully saturated rings. The maximum atomic E-state index is 5.59. The molecule has 0 radical (unpaired) electrons. The van der Waals surface area contributed by atoms with Gasteiger partial charge >= 0.3 is 0 Å². The Morgan fingerprint density at radius 2 is 1.56 bits per heavy atom. The molecule has 0 spiro atoms. The number of rotatable bonds is 7. The van der Waals surface area contributed by atoms with E-state index in [9.17, 15) is 0 Å². The number of para-hydroxylation sites is 1. The molecule has 1 heteroatoms. The number of benzene rings is 1. The van der Waals surface area contributed by atoms with Crippen LogP contribution in [-0.2, 0) is 0 Å². The first-order valence-corrected chi connectivity index (χ1v) is 6.11. The highest BCUT2D eigenvalue weighted by atomic mass is 16.5. The molecular weight excluding hydrogens is 196 g/mol. The fraction of sp³-hybridized carbons (Fsp3) is 0.467. The van der Waals surface area contributed by atoms with Crippen LogP contribution in [0.2, 0.25) is 0 Å². The quantitative estimate of drug-likeness (QED) is 0.472. The minimum atomic E-state index is 0.855. The highest BCUT2D eigenvalue weighted by Crippen LogP contribution is 2.09. The number of ether oxygens (including phenoxy) is 1. The molecule has 90 valence electrons. The van der Waals surface area contributed by atoms with Crippen LogP contribution in [0.15, 0.2) is 43.5 Å². The van der Waals surface area contributed by atoms with Crippen molar-refractivity contribution < 1.29 is 4.74 Å². The van der Waals surface area contributed by atoms with E-state index in [1.807, 2.05) is 30.3 Å². The van der Waals surface area contributed by atoms with E-state index >= 15 is 0 Å². The molecule has 0 heterocycles. The van der Waals surface area contributed by atoms with Crippen molar-refractivity contribution in [2.75, 3.05) is 6.61 Å². The standard InChI is InChI=1S/C13H20O.C2H4/c1-2-3-4-5-9-12-14-13-10-7-6-8-11-13;1-2/h6-8,10-11H,2-5,9,12H2,1H3;1-2H2. The maximum Gasteiger partial charge on any atom is 0.119 e. The second-order valence-corrected chi connectivity index (χ2v) is 3.58. The van der Waals surface area contributed by atoms with E-state index < -0.39 is 0 Å². The molecule has 1 aromatic rings. The average Bonchev–Trinajstić information content (AvgIpc) is 2.37. The summed E-state index contributed by atoms with van der Waals surface area (Å²) in [4.78, 5) is 0. The summed E-state index contributed by atoms with van der Waals surface area (Å²) in [5.41, 5.74) is 0. The van der Waals surface area contributed by atoms with Gasteiger partial charge in [-0.2, -0.15) is 0 Å². The summed E-state index contributed by atoms with van der Waals surface area (Å²) in [7, 11) is 0. The van der Waals surface area contributed by atoms with Crippen LogP contribution >= 0.6 is 0 Å². The van der Waals surface area contributed by atoms with Crippen LogP contribution in [0, 0.1) is 0 Å². The Hall–Kier alpha value is -1.24. The third kappa shape index (κ3) is 8.10. The number of hydrogen-bond donors (Lipinski definition) is 0. The van der Waals surface area contributed by atoms with E-state index in [0.29, 0.717) is 0 Å². The Morgan fingerprint density at radius 3 is 2.19 bits per heavy atom. The van der Waals surface area contributed by atoms with Crippen LogP contribution in [0.1, 0.15) is 39.0 Å². The molecule has 0 saturated carbocycles. The van der Waals surface area contributed by atoms with Gasteiger partial charge in [-0.05, 0) is 18.6 Å². The van der Waals surface area contributed by atoms with Crippen LogP contribution in [-0.4, -0.2) is 6.61 Å². The van der Waals surface area contributed by atoms with Gasteiger partial charge in [-0.15, -0.1) is 13.2 Å². The highest BCUT2D eigenvalue weighted by molar-refractivity contribution is 5.20. The van der Waals surface area contributed by atoms with Gasteiger partial charge in [0.1, 0.15) is 5.75 Å². The zero-order chi connectivity index (χ0) is 12.1. The van der Waals surface area contributed by atoms with Crippen LogP contribution in [0.4, 0.5) is 0 Å². The van der Waals surface area contributed by atoms with Gasteiger partial charge < -0.3 is 4.74 Å². The summed E-state index contributed by atoms with van der Waals surface area (Å²) in [5, 5.41) is 0. The monoisotopic (exact) mass is 220 g/mol. The first-order valence-electron chi connectivity index (χ1n) is 6.11. The normalized spacial score (nSPS) is 9.06. The lowest BCUT2D eigenvalue weighted by Gasteiger charge is -2.04. The van der Waals surface area contributed by atoms with Gasteiger partial charge in [-0.25, -0.2) is 0 Å². The molecule has 1 nitrogen and oxygen atoms in total. The van der Waals surface area contributed by atoms with Crippen LogP contribution in [0.3, 0.4) is 0 Å². The fourth-order valence-electron chi connectivity index (χ4n) is 1.41. The van der Waals surface area contributed by atoms with Crippen LogP contribution in [0.5, 0.6) is 5.75 Å². The zero-order valence-electron chi connectivity index (χ0n) is 10.5. The molecule has 1 aromatic carbocycles.